The van der Waals surface area contributed by atoms with Gasteiger partial charge in [-0.15, -0.1) is 0 Å². The molecule has 1 aliphatic heterocycles. The van der Waals surface area contributed by atoms with Crippen molar-refractivity contribution >= 4 is 38.9 Å². The minimum absolute atomic E-state index is 0.439. The summed E-state index contributed by atoms with van der Waals surface area (Å²) in [6, 6.07) is 94.9. The highest BCUT2D eigenvalue weighted by molar-refractivity contribution is 6.16. The second-order valence-electron chi connectivity index (χ2n) is 18.7. The Balaban J connectivity index is 0.894. The summed E-state index contributed by atoms with van der Waals surface area (Å²) in [5.41, 5.74) is 26.9. The van der Waals surface area contributed by atoms with Gasteiger partial charge in [0.1, 0.15) is 0 Å². The molecule has 12 aromatic rings. The van der Waals surface area contributed by atoms with Crippen molar-refractivity contribution in [3.8, 4) is 72.4 Å². The minimum atomic E-state index is -0.439. The molecule has 0 atom stereocenters. The number of nitrogens with zero attached hydrogens (tertiary/aromatic N) is 2. The summed E-state index contributed by atoms with van der Waals surface area (Å²) >= 11 is 0. The van der Waals surface area contributed by atoms with Crippen molar-refractivity contribution in [1.29, 1.82) is 0 Å². The van der Waals surface area contributed by atoms with Crippen molar-refractivity contribution in [2.45, 2.75) is 5.41 Å². The Bertz CT molecular complexity index is 4000. The Morgan fingerprint density at radius 3 is 1.39 bits per heavy atom. The molecule has 0 unspecified atom stereocenters. The maximum absolute atomic E-state index is 2.49. The number of hydrogen-bond donors (Lipinski definition) is 0. The minimum Gasteiger partial charge on any atom is -0.310 e. The van der Waals surface area contributed by atoms with Gasteiger partial charge in [-0.25, -0.2) is 0 Å². The zero-order valence-corrected chi connectivity index (χ0v) is 37.6. The van der Waals surface area contributed by atoms with Gasteiger partial charge in [0.25, 0.3) is 0 Å². The molecule has 0 bridgehead atoms. The highest BCUT2D eigenvalue weighted by Gasteiger charge is 2.51. The molecule has 2 aliphatic carbocycles. The van der Waals surface area contributed by atoms with Gasteiger partial charge >= 0.3 is 0 Å². The van der Waals surface area contributed by atoms with E-state index in [1.807, 2.05) is 0 Å². The van der Waals surface area contributed by atoms with Crippen molar-refractivity contribution in [2.75, 3.05) is 4.90 Å². The largest absolute Gasteiger partial charge is 0.310 e. The van der Waals surface area contributed by atoms with E-state index in [4.69, 9.17) is 0 Å². The molecule has 11 aromatic carbocycles. The molecule has 0 amide bonds. The summed E-state index contributed by atoms with van der Waals surface area (Å²) in [6.07, 6.45) is 0. The standard InChI is InChI=1S/C67H42N2/c1-2-15-43(16-3-1)44-29-34-47(35-30-44)68(49-38-39-55-54-21-8-12-27-62(54)67(63(55)42-49)60-25-10-6-19-52(60)53-20-7-11-26-61(53)67)48-36-31-45(32-37-48)46-33-40-65-59(41-46)51-18-5-4-17-50(51)57-23-14-24-58-56-22-9-13-28-64(56)69(65)66(57)58/h1-42H. The van der Waals surface area contributed by atoms with E-state index >= 15 is 0 Å². The lowest BCUT2D eigenvalue weighted by Crippen LogP contribution is -2.26. The SMILES string of the molecule is c1ccc(-c2ccc(N(c3ccc(-c4ccc5c(c4)-c4ccccc4-c4cccc6c7ccccc7n-5c46)cc3)c3ccc4c(c3)C3(c5ccccc5-c5ccccc53)c3ccccc3-4)cc2)cc1. The predicted octanol–water partition coefficient (Wildman–Crippen LogP) is 17.6. The molecule has 2 heterocycles. The van der Waals surface area contributed by atoms with Gasteiger partial charge in [0.2, 0.25) is 0 Å². The van der Waals surface area contributed by atoms with Gasteiger partial charge in [-0.1, -0.05) is 200 Å². The molecule has 0 saturated heterocycles. The second-order valence-corrected chi connectivity index (χ2v) is 18.7. The Morgan fingerprint density at radius 2 is 0.739 bits per heavy atom. The molecule has 0 radical (unpaired) electrons. The number of hydrogen-bond acceptors (Lipinski definition) is 1. The van der Waals surface area contributed by atoms with Crippen molar-refractivity contribution in [3.63, 3.8) is 0 Å². The fourth-order valence-corrected chi connectivity index (χ4v) is 12.5. The summed E-state index contributed by atoms with van der Waals surface area (Å²) in [4.78, 5) is 2.44. The maximum Gasteiger partial charge on any atom is 0.0726 e. The lowest BCUT2D eigenvalue weighted by atomic mass is 9.70. The lowest BCUT2D eigenvalue weighted by molar-refractivity contribution is 0.793. The van der Waals surface area contributed by atoms with Crippen molar-refractivity contribution < 1.29 is 0 Å². The molecule has 1 aromatic heterocycles. The average molecular weight is 875 g/mol. The molecule has 2 heteroatoms. The van der Waals surface area contributed by atoms with Crippen LogP contribution < -0.4 is 4.90 Å². The van der Waals surface area contributed by atoms with Crippen LogP contribution in [0.25, 0.3) is 94.3 Å². The first-order chi connectivity index (χ1) is 34.2. The van der Waals surface area contributed by atoms with Crippen molar-refractivity contribution in [2.24, 2.45) is 0 Å². The second kappa shape index (κ2) is 14.5. The van der Waals surface area contributed by atoms with Crippen LogP contribution in [0.4, 0.5) is 17.1 Å². The summed E-state index contributed by atoms with van der Waals surface area (Å²) in [7, 11) is 0. The van der Waals surface area contributed by atoms with Gasteiger partial charge in [0, 0.05) is 39.0 Å². The molecule has 69 heavy (non-hydrogen) atoms. The van der Waals surface area contributed by atoms with E-state index in [1.54, 1.807) is 0 Å². The predicted molar refractivity (Wildman–Crippen MR) is 287 cm³/mol. The topological polar surface area (TPSA) is 8.17 Å². The summed E-state index contributed by atoms with van der Waals surface area (Å²) in [6.45, 7) is 0. The first-order valence-electron chi connectivity index (χ1n) is 24.0. The molecule has 15 rings (SSSR count). The smallest absolute Gasteiger partial charge is 0.0726 e. The molecule has 1 spiro atoms. The summed E-state index contributed by atoms with van der Waals surface area (Å²) in [5, 5.41) is 2.56. The average Bonchev–Trinajstić information content (AvgIpc) is 4.00. The van der Waals surface area contributed by atoms with Gasteiger partial charge in [0.15, 0.2) is 0 Å². The van der Waals surface area contributed by atoms with E-state index in [2.05, 4.69) is 264 Å². The van der Waals surface area contributed by atoms with Crippen LogP contribution in [0.1, 0.15) is 22.3 Å². The van der Waals surface area contributed by atoms with E-state index < -0.39 is 5.41 Å². The van der Waals surface area contributed by atoms with Crippen LogP contribution in [0.5, 0.6) is 0 Å². The van der Waals surface area contributed by atoms with Gasteiger partial charge in [-0.05, 0) is 132 Å². The molecular formula is C67H42N2. The van der Waals surface area contributed by atoms with Gasteiger partial charge in [0.05, 0.1) is 22.1 Å². The zero-order valence-electron chi connectivity index (χ0n) is 37.6. The van der Waals surface area contributed by atoms with Gasteiger partial charge in [-0.3, -0.25) is 0 Å². The molecule has 320 valence electrons. The van der Waals surface area contributed by atoms with Crippen LogP contribution in [-0.2, 0) is 5.41 Å². The van der Waals surface area contributed by atoms with Crippen molar-refractivity contribution in [3.05, 3.63) is 277 Å². The Kier molecular flexibility index (Phi) is 8.02. The molecule has 0 fully saturated rings. The maximum atomic E-state index is 2.49. The molecule has 2 nitrogen and oxygen atoms in total. The highest BCUT2D eigenvalue weighted by Crippen LogP contribution is 2.63. The number of benzene rings is 11. The third-order valence-electron chi connectivity index (χ3n) is 15.4. The Hall–Kier alpha value is -8.98. The highest BCUT2D eigenvalue weighted by atomic mass is 15.1. The van der Waals surface area contributed by atoms with Crippen LogP contribution in [-0.4, -0.2) is 4.57 Å². The van der Waals surface area contributed by atoms with Gasteiger partial charge in [-0.2, -0.15) is 0 Å². The monoisotopic (exact) mass is 874 g/mol. The third-order valence-corrected chi connectivity index (χ3v) is 15.4. The summed E-state index contributed by atoms with van der Waals surface area (Å²) in [5.74, 6) is 0. The fraction of sp³-hybridized carbons (Fsp3) is 0.0149. The first-order valence-corrected chi connectivity index (χ1v) is 24.0. The van der Waals surface area contributed by atoms with Crippen LogP contribution in [0.2, 0.25) is 0 Å². The van der Waals surface area contributed by atoms with Crippen LogP contribution >= 0.6 is 0 Å². The number of para-hydroxylation sites is 2. The summed E-state index contributed by atoms with van der Waals surface area (Å²) < 4.78 is 2.49. The van der Waals surface area contributed by atoms with E-state index in [9.17, 15) is 0 Å². The number of rotatable bonds is 5. The van der Waals surface area contributed by atoms with Crippen molar-refractivity contribution in [1.82, 2.24) is 4.57 Å². The molecular weight excluding hydrogens is 833 g/mol. The van der Waals surface area contributed by atoms with Crippen LogP contribution in [0.3, 0.4) is 0 Å². The number of anilines is 3. The normalized spacial score (nSPS) is 13.0. The van der Waals surface area contributed by atoms with E-state index in [0.29, 0.717) is 0 Å². The number of aromatic nitrogens is 1. The first kappa shape index (κ1) is 38.2. The fourth-order valence-electron chi connectivity index (χ4n) is 12.5. The van der Waals surface area contributed by atoms with E-state index in [-0.39, 0.29) is 0 Å². The van der Waals surface area contributed by atoms with Gasteiger partial charge < -0.3 is 9.47 Å². The molecule has 0 N–H and O–H groups in total. The van der Waals surface area contributed by atoms with Crippen LogP contribution in [0, 0.1) is 0 Å². The zero-order chi connectivity index (χ0) is 45.2. The molecule has 3 aliphatic rings. The Morgan fingerprint density at radius 1 is 0.275 bits per heavy atom. The van der Waals surface area contributed by atoms with Crippen LogP contribution in [0.15, 0.2) is 255 Å². The molecule has 0 saturated carbocycles. The number of fused-ring (bicyclic) bond motifs is 18. The van der Waals surface area contributed by atoms with E-state index in [1.165, 1.54) is 117 Å². The Labute approximate surface area is 401 Å². The van der Waals surface area contributed by atoms with E-state index in [0.717, 1.165) is 17.1 Å². The lowest BCUT2D eigenvalue weighted by Gasteiger charge is -2.32. The quantitative estimate of drug-likeness (QED) is 0.167. The third kappa shape index (κ3) is 5.31.